The lowest BCUT2D eigenvalue weighted by Gasteiger charge is -2.23. The molecular weight excluding hydrogens is 236 g/mol. The SMILES string of the molecule is C=CC(C)(CCCCCCCCCC)C(=O)OCC. The van der Waals surface area contributed by atoms with Crippen LogP contribution >= 0.6 is 0 Å². The lowest BCUT2D eigenvalue weighted by Crippen LogP contribution is -2.27. The first-order valence-electron chi connectivity index (χ1n) is 7.91. The Balaban J connectivity index is 3.72. The standard InChI is InChI=1S/C17H32O2/c1-5-8-9-10-11-12-13-14-15-17(4,6-2)16(18)19-7-3/h6H,2,5,7-15H2,1,3-4H3. The van der Waals surface area contributed by atoms with Crippen LogP contribution in [0.1, 0.15) is 78.6 Å². The molecule has 0 amide bonds. The van der Waals surface area contributed by atoms with Crippen molar-refractivity contribution < 1.29 is 9.53 Å². The van der Waals surface area contributed by atoms with Crippen LogP contribution in [-0.4, -0.2) is 12.6 Å². The lowest BCUT2D eigenvalue weighted by atomic mass is 9.84. The molecule has 112 valence electrons. The first-order valence-corrected chi connectivity index (χ1v) is 7.91. The van der Waals surface area contributed by atoms with Gasteiger partial charge in [0.25, 0.3) is 0 Å². The minimum absolute atomic E-state index is 0.132. The second-order valence-electron chi connectivity index (χ2n) is 5.57. The molecule has 0 aliphatic rings. The molecule has 1 atom stereocenters. The number of ether oxygens (including phenoxy) is 1. The Morgan fingerprint density at radius 3 is 2.05 bits per heavy atom. The fourth-order valence-corrected chi connectivity index (χ4v) is 2.21. The summed E-state index contributed by atoms with van der Waals surface area (Å²) in [4.78, 5) is 11.8. The molecular formula is C17H32O2. The van der Waals surface area contributed by atoms with Crippen molar-refractivity contribution in [1.82, 2.24) is 0 Å². The maximum absolute atomic E-state index is 11.8. The molecule has 0 aromatic heterocycles. The van der Waals surface area contributed by atoms with E-state index >= 15 is 0 Å². The Labute approximate surface area is 119 Å². The lowest BCUT2D eigenvalue weighted by molar-refractivity contribution is -0.151. The van der Waals surface area contributed by atoms with Crippen LogP contribution in [0.3, 0.4) is 0 Å². The zero-order chi connectivity index (χ0) is 14.6. The van der Waals surface area contributed by atoms with Gasteiger partial charge in [0.2, 0.25) is 0 Å². The largest absolute Gasteiger partial charge is 0.465 e. The number of rotatable bonds is 12. The third-order valence-corrected chi connectivity index (χ3v) is 3.74. The van der Waals surface area contributed by atoms with Crippen molar-refractivity contribution in [3.8, 4) is 0 Å². The van der Waals surface area contributed by atoms with Gasteiger partial charge in [-0.05, 0) is 20.3 Å². The van der Waals surface area contributed by atoms with E-state index in [0.29, 0.717) is 6.61 Å². The Bertz CT molecular complexity index is 248. The second kappa shape index (κ2) is 11.1. The number of hydrogen-bond donors (Lipinski definition) is 0. The van der Waals surface area contributed by atoms with Crippen molar-refractivity contribution in [3.63, 3.8) is 0 Å². The van der Waals surface area contributed by atoms with Crippen LogP contribution in [0.25, 0.3) is 0 Å². The van der Waals surface area contributed by atoms with Gasteiger partial charge in [0.1, 0.15) is 0 Å². The van der Waals surface area contributed by atoms with Gasteiger partial charge >= 0.3 is 5.97 Å². The maximum atomic E-state index is 11.8. The van der Waals surface area contributed by atoms with E-state index in [1.807, 2.05) is 13.8 Å². The molecule has 19 heavy (non-hydrogen) atoms. The first-order chi connectivity index (χ1) is 9.10. The summed E-state index contributed by atoms with van der Waals surface area (Å²) in [5.74, 6) is -0.132. The Morgan fingerprint density at radius 1 is 1.05 bits per heavy atom. The van der Waals surface area contributed by atoms with Gasteiger partial charge in [0.15, 0.2) is 0 Å². The molecule has 0 saturated carbocycles. The van der Waals surface area contributed by atoms with Crippen LogP contribution in [-0.2, 0) is 9.53 Å². The highest BCUT2D eigenvalue weighted by Gasteiger charge is 2.30. The highest BCUT2D eigenvalue weighted by Crippen LogP contribution is 2.27. The molecule has 0 aromatic rings. The summed E-state index contributed by atoms with van der Waals surface area (Å²) < 4.78 is 5.11. The molecule has 2 nitrogen and oxygen atoms in total. The molecule has 0 bridgehead atoms. The Morgan fingerprint density at radius 2 is 1.58 bits per heavy atom. The van der Waals surface area contributed by atoms with E-state index in [1.165, 1.54) is 44.9 Å². The number of carbonyl (C=O) groups excluding carboxylic acids is 1. The molecule has 0 aliphatic carbocycles. The highest BCUT2D eigenvalue weighted by atomic mass is 16.5. The van der Waals surface area contributed by atoms with Crippen molar-refractivity contribution >= 4 is 5.97 Å². The molecule has 0 rings (SSSR count). The predicted octanol–water partition coefficient (Wildman–Crippen LogP) is 5.27. The van der Waals surface area contributed by atoms with Crippen molar-refractivity contribution in [3.05, 3.63) is 12.7 Å². The van der Waals surface area contributed by atoms with Gasteiger partial charge in [0, 0.05) is 0 Å². The van der Waals surface area contributed by atoms with Gasteiger partial charge in [-0.2, -0.15) is 0 Å². The van der Waals surface area contributed by atoms with E-state index in [4.69, 9.17) is 4.74 Å². The Kier molecular flexibility index (Phi) is 10.6. The first kappa shape index (κ1) is 18.2. The van der Waals surface area contributed by atoms with E-state index < -0.39 is 5.41 Å². The summed E-state index contributed by atoms with van der Waals surface area (Å²) in [5.41, 5.74) is -0.502. The van der Waals surface area contributed by atoms with E-state index in [0.717, 1.165) is 12.8 Å². The van der Waals surface area contributed by atoms with Crippen LogP contribution in [0.4, 0.5) is 0 Å². The molecule has 0 aromatic carbocycles. The summed E-state index contributed by atoms with van der Waals surface area (Å²) in [5, 5.41) is 0. The summed E-state index contributed by atoms with van der Waals surface area (Å²) in [6, 6.07) is 0. The van der Waals surface area contributed by atoms with Crippen molar-refractivity contribution in [1.29, 1.82) is 0 Å². The summed E-state index contributed by atoms with van der Waals surface area (Å²) >= 11 is 0. The van der Waals surface area contributed by atoms with Gasteiger partial charge in [-0.3, -0.25) is 4.79 Å². The molecule has 0 radical (unpaired) electrons. The second-order valence-corrected chi connectivity index (χ2v) is 5.57. The fourth-order valence-electron chi connectivity index (χ4n) is 2.21. The normalized spacial score (nSPS) is 13.8. The highest BCUT2D eigenvalue weighted by molar-refractivity contribution is 5.78. The van der Waals surface area contributed by atoms with Crippen LogP contribution in [0.5, 0.6) is 0 Å². The molecule has 0 N–H and O–H groups in total. The third-order valence-electron chi connectivity index (χ3n) is 3.74. The van der Waals surface area contributed by atoms with Gasteiger partial charge in [0.05, 0.1) is 12.0 Å². The molecule has 0 heterocycles. The van der Waals surface area contributed by atoms with Crippen LogP contribution in [0.2, 0.25) is 0 Å². The van der Waals surface area contributed by atoms with Crippen molar-refractivity contribution in [2.75, 3.05) is 6.61 Å². The molecule has 0 saturated heterocycles. The minimum Gasteiger partial charge on any atom is -0.465 e. The molecule has 0 spiro atoms. The minimum atomic E-state index is -0.502. The van der Waals surface area contributed by atoms with Gasteiger partial charge in [-0.1, -0.05) is 64.4 Å². The van der Waals surface area contributed by atoms with E-state index in [-0.39, 0.29) is 5.97 Å². The van der Waals surface area contributed by atoms with Crippen LogP contribution in [0.15, 0.2) is 12.7 Å². The number of esters is 1. The monoisotopic (exact) mass is 268 g/mol. The Hall–Kier alpha value is -0.790. The summed E-state index contributed by atoms with van der Waals surface area (Å²) in [6.07, 6.45) is 12.9. The van der Waals surface area contributed by atoms with Crippen LogP contribution in [0, 0.1) is 5.41 Å². The van der Waals surface area contributed by atoms with Crippen LogP contribution < -0.4 is 0 Å². The summed E-state index contributed by atoms with van der Waals surface area (Å²) in [6.45, 7) is 10.2. The quantitative estimate of drug-likeness (QED) is 0.274. The zero-order valence-corrected chi connectivity index (χ0v) is 13.2. The number of hydrogen-bond acceptors (Lipinski definition) is 2. The molecule has 0 fully saturated rings. The van der Waals surface area contributed by atoms with E-state index in [2.05, 4.69) is 13.5 Å². The smallest absolute Gasteiger partial charge is 0.315 e. The number of carbonyl (C=O) groups is 1. The van der Waals surface area contributed by atoms with E-state index in [9.17, 15) is 4.79 Å². The molecule has 2 heteroatoms. The average molecular weight is 268 g/mol. The van der Waals surface area contributed by atoms with E-state index in [1.54, 1.807) is 6.08 Å². The van der Waals surface area contributed by atoms with Crippen molar-refractivity contribution in [2.24, 2.45) is 5.41 Å². The molecule has 1 unspecified atom stereocenters. The fraction of sp³-hybridized carbons (Fsp3) is 0.824. The van der Waals surface area contributed by atoms with Gasteiger partial charge in [-0.15, -0.1) is 6.58 Å². The summed E-state index contributed by atoms with van der Waals surface area (Å²) in [7, 11) is 0. The van der Waals surface area contributed by atoms with Crippen molar-refractivity contribution in [2.45, 2.75) is 78.6 Å². The maximum Gasteiger partial charge on any atom is 0.315 e. The average Bonchev–Trinajstić information content (AvgIpc) is 2.41. The molecule has 0 aliphatic heterocycles. The van der Waals surface area contributed by atoms with Gasteiger partial charge < -0.3 is 4.74 Å². The predicted molar refractivity (Wildman–Crippen MR) is 82.2 cm³/mol. The third kappa shape index (κ3) is 8.07. The number of unbranched alkanes of at least 4 members (excludes halogenated alkanes) is 7. The van der Waals surface area contributed by atoms with Gasteiger partial charge in [-0.25, -0.2) is 0 Å². The topological polar surface area (TPSA) is 26.3 Å². The zero-order valence-electron chi connectivity index (χ0n) is 13.2.